The van der Waals surface area contributed by atoms with Crippen LogP contribution in [0.4, 0.5) is 0 Å². The van der Waals surface area contributed by atoms with Crippen LogP contribution < -0.4 is 9.47 Å². The number of pyridine rings is 1. The van der Waals surface area contributed by atoms with E-state index < -0.39 is 0 Å². The van der Waals surface area contributed by atoms with Gasteiger partial charge < -0.3 is 14.6 Å². The van der Waals surface area contributed by atoms with Gasteiger partial charge in [-0.25, -0.2) is 0 Å². The van der Waals surface area contributed by atoms with Crippen LogP contribution in [0.2, 0.25) is 0 Å². The maximum absolute atomic E-state index is 8.98. The number of aliphatic hydroxyl groups is 1. The van der Waals surface area contributed by atoms with E-state index in [9.17, 15) is 0 Å². The summed E-state index contributed by atoms with van der Waals surface area (Å²) in [4.78, 5) is 4.35. The van der Waals surface area contributed by atoms with E-state index in [1.807, 2.05) is 6.07 Å². The molecule has 1 aliphatic heterocycles. The van der Waals surface area contributed by atoms with E-state index in [0.29, 0.717) is 18.1 Å². The zero-order valence-electron chi connectivity index (χ0n) is 9.86. The lowest BCUT2D eigenvalue weighted by atomic mass is 9.91. The minimum atomic E-state index is -0.283. The Hall–Kier alpha value is -1.29. The summed E-state index contributed by atoms with van der Waals surface area (Å²) in [6.45, 7) is 6.64. The van der Waals surface area contributed by atoms with E-state index in [2.05, 4.69) is 25.8 Å². The molecule has 0 saturated carbocycles. The molecular formula is C12H17NO3. The fraction of sp³-hybridized carbons (Fsp3) is 0.583. The first kappa shape index (κ1) is 11.2. The van der Waals surface area contributed by atoms with Gasteiger partial charge in [-0.3, -0.25) is 4.98 Å². The van der Waals surface area contributed by atoms with Gasteiger partial charge in [0.1, 0.15) is 6.61 Å². The van der Waals surface area contributed by atoms with E-state index in [1.165, 1.54) is 0 Å². The van der Waals surface area contributed by atoms with Crippen molar-refractivity contribution in [2.75, 3.05) is 13.2 Å². The molecule has 1 N–H and O–H groups in total. The molecule has 0 amide bonds. The topological polar surface area (TPSA) is 51.6 Å². The second-order valence-electron chi connectivity index (χ2n) is 5.00. The Bertz CT molecular complexity index is 384. The zero-order valence-corrected chi connectivity index (χ0v) is 9.86. The van der Waals surface area contributed by atoms with Crippen molar-refractivity contribution in [1.82, 2.24) is 4.98 Å². The standard InChI is InChI=1S/C12H17NO3/c1-12(2,3)11-4-9-10(5-13-11)16-8(6-14)7-15-9/h4-5,8,14H,6-7H2,1-3H3. The number of rotatable bonds is 1. The fourth-order valence-corrected chi connectivity index (χ4v) is 1.52. The average molecular weight is 223 g/mol. The van der Waals surface area contributed by atoms with Crippen molar-refractivity contribution in [1.29, 1.82) is 0 Å². The molecule has 0 saturated heterocycles. The molecule has 0 aromatic carbocycles. The van der Waals surface area contributed by atoms with Crippen molar-refractivity contribution in [3.8, 4) is 11.5 Å². The third kappa shape index (κ3) is 2.11. The molecule has 88 valence electrons. The third-order valence-electron chi connectivity index (χ3n) is 2.52. The van der Waals surface area contributed by atoms with Crippen molar-refractivity contribution < 1.29 is 14.6 Å². The Morgan fingerprint density at radius 1 is 1.44 bits per heavy atom. The fourth-order valence-electron chi connectivity index (χ4n) is 1.52. The van der Waals surface area contributed by atoms with Crippen molar-refractivity contribution in [3.63, 3.8) is 0 Å². The van der Waals surface area contributed by atoms with Crippen LogP contribution in [0.25, 0.3) is 0 Å². The molecule has 1 aromatic rings. The third-order valence-corrected chi connectivity index (χ3v) is 2.52. The monoisotopic (exact) mass is 223 g/mol. The molecule has 1 unspecified atom stereocenters. The Balaban J connectivity index is 2.28. The van der Waals surface area contributed by atoms with Gasteiger partial charge in [0, 0.05) is 17.2 Å². The van der Waals surface area contributed by atoms with Crippen LogP contribution in [-0.4, -0.2) is 29.4 Å². The van der Waals surface area contributed by atoms with Gasteiger partial charge in [0.05, 0.1) is 12.8 Å². The highest BCUT2D eigenvalue weighted by Crippen LogP contribution is 2.34. The number of hydrogen-bond donors (Lipinski definition) is 1. The second-order valence-corrected chi connectivity index (χ2v) is 5.00. The molecule has 16 heavy (non-hydrogen) atoms. The van der Waals surface area contributed by atoms with Crippen LogP contribution in [0, 0.1) is 0 Å². The molecule has 2 rings (SSSR count). The second kappa shape index (κ2) is 3.94. The van der Waals surface area contributed by atoms with Gasteiger partial charge in [-0.2, -0.15) is 0 Å². The molecule has 1 aromatic heterocycles. The molecule has 0 fully saturated rings. The molecule has 1 atom stereocenters. The molecule has 0 radical (unpaired) electrons. The van der Waals surface area contributed by atoms with E-state index >= 15 is 0 Å². The smallest absolute Gasteiger partial charge is 0.180 e. The first-order chi connectivity index (χ1) is 7.50. The Morgan fingerprint density at radius 2 is 2.19 bits per heavy atom. The molecular weight excluding hydrogens is 206 g/mol. The molecule has 2 heterocycles. The summed E-state index contributed by atoms with van der Waals surface area (Å²) < 4.78 is 11.0. The Morgan fingerprint density at radius 3 is 2.81 bits per heavy atom. The minimum absolute atomic E-state index is 0.00772. The summed E-state index contributed by atoms with van der Waals surface area (Å²) in [5.74, 6) is 1.32. The van der Waals surface area contributed by atoms with E-state index in [0.717, 1.165) is 5.69 Å². The van der Waals surface area contributed by atoms with Crippen molar-refractivity contribution in [2.45, 2.75) is 32.3 Å². The first-order valence-electron chi connectivity index (χ1n) is 5.41. The summed E-state index contributed by atoms with van der Waals surface area (Å²) in [7, 11) is 0. The summed E-state index contributed by atoms with van der Waals surface area (Å²) in [6, 6.07) is 1.91. The lowest BCUT2D eigenvalue weighted by molar-refractivity contribution is 0.0450. The highest BCUT2D eigenvalue weighted by atomic mass is 16.6. The molecule has 0 aliphatic carbocycles. The van der Waals surface area contributed by atoms with Crippen LogP contribution in [0.3, 0.4) is 0 Å². The number of fused-ring (bicyclic) bond motifs is 1. The van der Waals surface area contributed by atoms with Gasteiger partial charge in [0.15, 0.2) is 17.6 Å². The maximum atomic E-state index is 8.98. The molecule has 4 heteroatoms. The predicted octanol–water partition coefficient (Wildman–Crippen LogP) is 1.51. The maximum Gasteiger partial charge on any atom is 0.180 e. The number of aliphatic hydroxyl groups excluding tert-OH is 1. The van der Waals surface area contributed by atoms with Crippen LogP contribution in [0.5, 0.6) is 11.5 Å². The largest absolute Gasteiger partial charge is 0.486 e. The molecule has 0 spiro atoms. The van der Waals surface area contributed by atoms with Crippen LogP contribution >= 0.6 is 0 Å². The highest BCUT2D eigenvalue weighted by molar-refractivity contribution is 5.41. The number of ether oxygens (including phenoxy) is 2. The lowest BCUT2D eigenvalue weighted by Crippen LogP contribution is -2.32. The van der Waals surface area contributed by atoms with E-state index in [-0.39, 0.29) is 18.1 Å². The van der Waals surface area contributed by atoms with Gasteiger partial charge in [-0.15, -0.1) is 0 Å². The number of hydrogen-bond acceptors (Lipinski definition) is 4. The lowest BCUT2D eigenvalue weighted by Gasteiger charge is -2.26. The van der Waals surface area contributed by atoms with Crippen molar-refractivity contribution >= 4 is 0 Å². The predicted molar refractivity (Wildman–Crippen MR) is 59.9 cm³/mol. The average Bonchev–Trinajstić information content (AvgIpc) is 2.26. The van der Waals surface area contributed by atoms with Gasteiger partial charge in [0.2, 0.25) is 0 Å². The molecule has 1 aliphatic rings. The van der Waals surface area contributed by atoms with Crippen LogP contribution in [0.1, 0.15) is 26.5 Å². The zero-order chi connectivity index (χ0) is 11.8. The normalized spacial score (nSPS) is 19.6. The quantitative estimate of drug-likeness (QED) is 0.784. The van der Waals surface area contributed by atoms with E-state index in [1.54, 1.807) is 6.20 Å². The molecule has 4 nitrogen and oxygen atoms in total. The van der Waals surface area contributed by atoms with Gasteiger partial charge in [-0.05, 0) is 0 Å². The number of nitrogens with zero attached hydrogens (tertiary/aromatic N) is 1. The SMILES string of the molecule is CC(C)(C)c1cc2c(cn1)OC(CO)CO2. The van der Waals surface area contributed by atoms with Crippen LogP contribution in [-0.2, 0) is 5.41 Å². The Labute approximate surface area is 95.2 Å². The first-order valence-corrected chi connectivity index (χ1v) is 5.41. The highest BCUT2D eigenvalue weighted by Gasteiger charge is 2.23. The van der Waals surface area contributed by atoms with Crippen molar-refractivity contribution in [2.24, 2.45) is 0 Å². The van der Waals surface area contributed by atoms with Gasteiger partial charge >= 0.3 is 0 Å². The minimum Gasteiger partial charge on any atom is -0.486 e. The van der Waals surface area contributed by atoms with Crippen LogP contribution in [0.15, 0.2) is 12.3 Å². The Kier molecular flexibility index (Phi) is 2.76. The van der Waals surface area contributed by atoms with Crippen molar-refractivity contribution in [3.05, 3.63) is 18.0 Å². The number of aromatic nitrogens is 1. The summed E-state index contributed by atoms with van der Waals surface area (Å²) in [6.07, 6.45) is 1.38. The summed E-state index contributed by atoms with van der Waals surface area (Å²) in [5, 5.41) is 8.98. The van der Waals surface area contributed by atoms with E-state index in [4.69, 9.17) is 14.6 Å². The summed E-state index contributed by atoms with van der Waals surface area (Å²) >= 11 is 0. The summed E-state index contributed by atoms with van der Waals surface area (Å²) in [5.41, 5.74) is 0.962. The van der Waals surface area contributed by atoms with Gasteiger partial charge in [0.25, 0.3) is 0 Å². The molecule has 0 bridgehead atoms. The van der Waals surface area contributed by atoms with Gasteiger partial charge in [-0.1, -0.05) is 20.8 Å².